The fourth-order valence-corrected chi connectivity index (χ4v) is 3.25. The van der Waals surface area contributed by atoms with Crippen LogP contribution in [-0.4, -0.2) is 29.1 Å². The highest BCUT2D eigenvalue weighted by molar-refractivity contribution is 6.04. The van der Waals surface area contributed by atoms with Crippen molar-refractivity contribution in [2.24, 2.45) is 0 Å². The van der Waals surface area contributed by atoms with Gasteiger partial charge in [0, 0.05) is 16.9 Å². The number of aromatic nitrogens is 1. The maximum Gasteiger partial charge on any atom is 0.340 e. The minimum atomic E-state index is -0.617. The molecular formula is C22H22N2O5. The zero-order valence-electron chi connectivity index (χ0n) is 16.5. The van der Waals surface area contributed by atoms with Crippen LogP contribution >= 0.6 is 0 Å². The number of ether oxygens (including phenoxy) is 1. The molecule has 0 aliphatic rings. The number of carbonyl (C=O) groups is 3. The first-order chi connectivity index (χ1) is 13.9. The lowest BCUT2D eigenvalue weighted by Crippen LogP contribution is -2.16. The van der Waals surface area contributed by atoms with E-state index in [0.717, 1.165) is 5.76 Å². The van der Waals surface area contributed by atoms with Crippen LogP contribution in [0.15, 0.2) is 47.1 Å². The first kappa shape index (κ1) is 20.1. The molecule has 7 heteroatoms. The molecule has 29 heavy (non-hydrogen) atoms. The van der Waals surface area contributed by atoms with Gasteiger partial charge in [-0.25, -0.2) is 4.79 Å². The van der Waals surface area contributed by atoms with Gasteiger partial charge in [-0.2, -0.15) is 0 Å². The molecule has 0 aliphatic heterocycles. The number of rotatable bonds is 8. The summed E-state index contributed by atoms with van der Waals surface area (Å²) in [4.78, 5) is 39.7. The van der Waals surface area contributed by atoms with Crippen LogP contribution in [0.5, 0.6) is 0 Å². The molecule has 0 saturated heterocycles. The Balaban J connectivity index is 1.67. The molecule has 150 valence electrons. The van der Waals surface area contributed by atoms with Gasteiger partial charge in [0.2, 0.25) is 5.78 Å². The van der Waals surface area contributed by atoms with Crippen molar-refractivity contribution in [1.82, 2.24) is 4.98 Å². The van der Waals surface area contributed by atoms with Crippen molar-refractivity contribution in [2.75, 3.05) is 11.9 Å². The van der Waals surface area contributed by atoms with Crippen LogP contribution in [0.25, 0.3) is 0 Å². The van der Waals surface area contributed by atoms with Gasteiger partial charge in [0.15, 0.2) is 12.4 Å². The first-order valence-electron chi connectivity index (χ1n) is 9.14. The lowest BCUT2D eigenvalue weighted by Gasteiger charge is -2.11. The summed E-state index contributed by atoms with van der Waals surface area (Å²) in [6.45, 7) is 4.86. The van der Waals surface area contributed by atoms with Crippen LogP contribution in [0.1, 0.15) is 55.1 Å². The van der Waals surface area contributed by atoms with Gasteiger partial charge in [0.1, 0.15) is 5.76 Å². The molecule has 2 N–H and O–H groups in total. The number of carbonyl (C=O) groups excluding carboxylic acids is 3. The summed E-state index contributed by atoms with van der Waals surface area (Å²) in [6, 6.07) is 10.5. The van der Waals surface area contributed by atoms with Crippen molar-refractivity contribution < 1.29 is 23.5 Å². The Bertz CT molecular complexity index is 1050. The molecule has 0 aliphatic carbocycles. The number of furan rings is 1. The zero-order valence-corrected chi connectivity index (χ0v) is 16.5. The monoisotopic (exact) mass is 394 g/mol. The third-order valence-electron chi connectivity index (χ3n) is 4.58. The Morgan fingerprint density at radius 3 is 2.52 bits per heavy atom. The number of anilines is 1. The highest BCUT2D eigenvalue weighted by atomic mass is 16.5. The minimum absolute atomic E-state index is 0.121. The number of hydrogen-bond donors (Lipinski definition) is 2. The Labute approximate surface area is 168 Å². The number of H-pyrrole nitrogens is 1. The van der Waals surface area contributed by atoms with Gasteiger partial charge in [-0.3, -0.25) is 9.59 Å². The lowest BCUT2D eigenvalue weighted by molar-refractivity contribution is 0.0474. The predicted octanol–water partition coefficient (Wildman–Crippen LogP) is 4.08. The topological polar surface area (TPSA) is 101 Å². The Morgan fingerprint density at radius 1 is 1.10 bits per heavy atom. The summed E-state index contributed by atoms with van der Waals surface area (Å²) in [6.07, 6.45) is 1.57. The number of esters is 1. The van der Waals surface area contributed by atoms with E-state index >= 15 is 0 Å². The summed E-state index contributed by atoms with van der Waals surface area (Å²) in [7, 11) is 0. The summed E-state index contributed by atoms with van der Waals surface area (Å²) in [5, 5.41) is 3.13. The van der Waals surface area contributed by atoms with E-state index in [1.165, 1.54) is 6.92 Å². The molecule has 7 nitrogen and oxygen atoms in total. The van der Waals surface area contributed by atoms with Gasteiger partial charge in [0.05, 0.1) is 24.1 Å². The van der Waals surface area contributed by atoms with Gasteiger partial charge in [0.25, 0.3) is 0 Å². The third-order valence-corrected chi connectivity index (χ3v) is 4.58. The normalized spacial score (nSPS) is 10.6. The first-order valence-corrected chi connectivity index (χ1v) is 9.14. The highest BCUT2D eigenvalue weighted by Gasteiger charge is 2.21. The standard InChI is InChI=1S/C22H22N2O5/c1-13-20(15(3)25)14(2)24-21(13)19(26)12-29-22(27)17-8-4-5-9-18(17)23-11-16-7-6-10-28-16/h4-10,23-24H,11-12H2,1-3H3. The van der Waals surface area contributed by atoms with E-state index in [9.17, 15) is 14.4 Å². The average molecular weight is 394 g/mol. The molecular weight excluding hydrogens is 372 g/mol. The molecule has 0 spiro atoms. The number of Topliss-reactive ketones (excluding diaryl/α,β-unsaturated/α-hetero) is 2. The van der Waals surface area contributed by atoms with Gasteiger partial charge < -0.3 is 19.5 Å². The van der Waals surface area contributed by atoms with Gasteiger partial charge in [-0.1, -0.05) is 12.1 Å². The van der Waals surface area contributed by atoms with E-state index in [2.05, 4.69) is 10.3 Å². The van der Waals surface area contributed by atoms with E-state index in [4.69, 9.17) is 9.15 Å². The molecule has 0 radical (unpaired) electrons. The largest absolute Gasteiger partial charge is 0.467 e. The second-order valence-electron chi connectivity index (χ2n) is 6.66. The fourth-order valence-electron chi connectivity index (χ4n) is 3.25. The minimum Gasteiger partial charge on any atom is -0.467 e. The third kappa shape index (κ3) is 4.45. The SMILES string of the molecule is CC(=O)c1c(C)[nH]c(C(=O)COC(=O)c2ccccc2NCc2ccco2)c1C. The second kappa shape index (κ2) is 8.60. The van der Waals surface area contributed by atoms with Crippen molar-refractivity contribution in [3.63, 3.8) is 0 Å². The quantitative estimate of drug-likeness (QED) is 0.441. The Kier molecular flexibility index (Phi) is 5.97. The molecule has 2 heterocycles. The van der Waals surface area contributed by atoms with Gasteiger partial charge in [-0.05, 0) is 50.6 Å². The van der Waals surface area contributed by atoms with E-state index in [0.29, 0.717) is 34.6 Å². The summed E-state index contributed by atoms with van der Waals surface area (Å²) < 4.78 is 10.5. The predicted molar refractivity (Wildman–Crippen MR) is 107 cm³/mol. The zero-order chi connectivity index (χ0) is 21.0. The van der Waals surface area contributed by atoms with Crippen molar-refractivity contribution in [1.29, 1.82) is 0 Å². The van der Waals surface area contributed by atoms with Gasteiger partial charge in [-0.15, -0.1) is 0 Å². The smallest absolute Gasteiger partial charge is 0.340 e. The maximum absolute atomic E-state index is 12.5. The molecule has 2 aromatic heterocycles. The van der Waals surface area contributed by atoms with Crippen LogP contribution < -0.4 is 5.32 Å². The maximum atomic E-state index is 12.5. The van der Waals surface area contributed by atoms with Crippen LogP contribution in [0.4, 0.5) is 5.69 Å². The van der Waals surface area contributed by atoms with Crippen LogP contribution in [0.3, 0.4) is 0 Å². The molecule has 0 amide bonds. The number of aromatic amines is 1. The summed E-state index contributed by atoms with van der Waals surface area (Å²) in [5.74, 6) is -0.410. The number of benzene rings is 1. The fraction of sp³-hybridized carbons (Fsp3) is 0.227. The molecule has 0 fully saturated rings. The number of nitrogens with one attached hydrogen (secondary N) is 2. The van der Waals surface area contributed by atoms with Crippen molar-refractivity contribution >= 4 is 23.2 Å². The molecule has 3 aromatic rings. The molecule has 0 unspecified atom stereocenters. The highest BCUT2D eigenvalue weighted by Crippen LogP contribution is 2.20. The number of ketones is 2. The van der Waals surface area contributed by atoms with Crippen molar-refractivity contribution in [3.8, 4) is 0 Å². The summed E-state index contributed by atoms with van der Waals surface area (Å²) >= 11 is 0. The van der Waals surface area contributed by atoms with Gasteiger partial charge >= 0.3 is 5.97 Å². The lowest BCUT2D eigenvalue weighted by atomic mass is 10.1. The Hall–Kier alpha value is -3.61. The van der Waals surface area contributed by atoms with Crippen LogP contribution in [0.2, 0.25) is 0 Å². The molecule has 1 aromatic carbocycles. The second-order valence-corrected chi connectivity index (χ2v) is 6.66. The summed E-state index contributed by atoms with van der Waals surface area (Å²) in [5.41, 5.74) is 2.85. The average Bonchev–Trinajstić information content (AvgIpc) is 3.31. The van der Waals surface area contributed by atoms with Crippen LogP contribution in [-0.2, 0) is 11.3 Å². The number of aryl methyl sites for hydroxylation is 1. The Morgan fingerprint density at radius 2 is 1.86 bits per heavy atom. The molecule has 0 bridgehead atoms. The van der Waals surface area contributed by atoms with E-state index in [1.807, 2.05) is 6.07 Å². The number of para-hydroxylation sites is 1. The van der Waals surface area contributed by atoms with Crippen molar-refractivity contribution in [3.05, 3.63) is 76.5 Å². The van der Waals surface area contributed by atoms with Crippen LogP contribution in [0, 0.1) is 13.8 Å². The van der Waals surface area contributed by atoms with Crippen molar-refractivity contribution in [2.45, 2.75) is 27.3 Å². The molecule has 0 atom stereocenters. The van der Waals surface area contributed by atoms with E-state index in [1.54, 1.807) is 50.4 Å². The molecule has 3 rings (SSSR count). The number of hydrogen-bond acceptors (Lipinski definition) is 6. The molecule has 0 saturated carbocycles. The van der Waals surface area contributed by atoms with E-state index in [-0.39, 0.29) is 11.5 Å². The van der Waals surface area contributed by atoms with E-state index < -0.39 is 18.4 Å².